The van der Waals surface area contributed by atoms with E-state index in [-0.39, 0.29) is 5.97 Å². The lowest BCUT2D eigenvalue weighted by Crippen LogP contribution is -2.50. The smallest absolute Gasteiger partial charge is 0.331 e. The van der Waals surface area contributed by atoms with Crippen molar-refractivity contribution in [1.82, 2.24) is 4.90 Å². The fourth-order valence-corrected chi connectivity index (χ4v) is 10.6. The maximum atomic E-state index is 11.8. The van der Waals surface area contributed by atoms with Crippen LogP contribution in [0.5, 0.6) is 0 Å². The van der Waals surface area contributed by atoms with Crippen LogP contribution in [0, 0.1) is 34.5 Å². The van der Waals surface area contributed by atoms with Crippen LogP contribution in [0.3, 0.4) is 0 Å². The molecule has 0 spiro atoms. The van der Waals surface area contributed by atoms with Crippen molar-refractivity contribution in [1.29, 1.82) is 0 Å². The molecule has 7 atom stereocenters. The molecule has 4 heteroatoms. The Kier molecular flexibility index (Phi) is 6.01. The van der Waals surface area contributed by atoms with E-state index >= 15 is 0 Å². The predicted molar refractivity (Wildman–Crippen MR) is 136 cm³/mol. The molecule has 2 aliphatic heterocycles. The van der Waals surface area contributed by atoms with Gasteiger partial charge in [-0.2, -0.15) is 11.8 Å². The minimum absolute atomic E-state index is 0.110. The molecule has 3 nitrogen and oxygen atoms in total. The number of ether oxygens (including phenoxy) is 1. The molecule has 4 aliphatic carbocycles. The summed E-state index contributed by atoms with van der Waals surface area (Å²) in [5, 5.41) is 0.754. The second-order valence-corrected chi connectivity index (χ2v) is 13.9. The number of nitrogens with zero attached hydrogens (tertiary/aromatic N) is 1. The third-order valence-electron chi connectivity index (χ3n) is 11.1. The zero-order chi connectivity index (χ0) is 22.6. The van der Waals surface area contributed by atoms with Gasteiger partial charge in [-0.25, -0.2) is 4.79 Å². The number of cyclic esters (lactones) is 1. The quantitative estimate of drug-likeness (QED) is 0.352. The van der Waals surface area contributed by atoms with Gasteiger partial charge in [-0.05, 0) is 117 Å². The van der Waals surface area contributed by atoms with E-state index in [1.165, 1.54) is 95.2 Å². The number of thioether (sulfide) groups is 1. The van der Waals surface area contributed by atoms with Crippen LogP contribution in [0.25, 0.3) is 0 Å². The summed E-state index contributed by atoms with van der Waals surface area (Å²) in [5.74, 6) is 4.36. The Morgan fingerprint density at radius 2 is 1.91 bits per heavy atom. The van der Waals surface area contributed by atoms with Crippen molar-refractivity contribution in [3.8, 4) is 0 Å². The first-order valence-electron chi connectivity index (χ1n) is 13.9. The summed E-state index contributed by atoms with van der Waals surface area (Å²) < 4.78 is 5.32. The van der Waals surface area contributed by atoms with E-state index in [0.717, 1.165) is 23.0 Å². The number of hydrogen-bond donors (Lipinski definition) is 0. The van der Waals surface area contributed by atoms with Crippen LogP contribution >= 0.6 is 11.8 Å². The number of carbonyl (C=O) groups is 1. The van der Waals surface area contributed by atoms with Gasteiger partial charge in [0.15, 0.2) is 0 Å². The average molecular weight is 470 g/mol. The first-order chi connectivity index (χ1) is 16.0. The minimum Gasteiger partial charge on any atom is -0.458 e. The van der Waals surface area contributed by atoms with Crippen LogP contribution in [0.2, 0.25) is 0 Å². The van der Waals surface area contributed by atoms with E-state index in [4.69, 9.17) is 4.74 Å². The van der Waals surface area contributed by atoms with E-state index in [2.05, 4.69) is 36.6 Å². The zero-order valence-corrected chi connectivity index (χ0v) is 21.6. The normalized spacial score (nSPS) is 45.2. The summed E-state index contributed by atoms with van der Waals surface area (Å²) in [6.07, 6.45) is 18.3. The fraction of sp³-hybridized carbons (Fsp3) is 0.828. The molecule has 0 aromatic carbocycles. The summed E-state index contributed by atoms with van der Waals surface area (Å²) in [6.45, 7) is 9.71. The van der Waals surface area contributed by atoms with Crippen LogP contribution in [-0.2, 0) is 9.53 Å². The lowest BCUT2D eigenvalue weighted by molar-refractivity contribution is -0.135. The van der Waals surface area contributed by atoms with Gasteiger partial charge < -0.3 is 9.64 Å². The van der Waals surface area contributed by atoms with E-state index < -0.39 is 0 Å². The molecule has 4 fully saturated rings. The van der Waals surface area contributed by atoms with E-state index in [1.54, 1.807) is 0 Å². The number of rotatable bonds is 5. The molecule has 1 saturated heterocycles. The Hall–Kier alpha value is -0.740. The van der Waals surface area contributed by atoms with E-state index in [9.17, 15) is 4.79 Å². The molecule has 0 aromatic rings. The first kappa shape index (κ1) is 22.7. The van der Waals surface area contributed by atoms with Crippen LogP contribution in [0.15, 0.2) is 23.3 Å². The summed E-state index contributed by atoms with van der Waals surface area (Å²) >= 11 is 2.23. The molecule has 0 unspecified atom stereocenters. The van der Waals surface area contributed by atoms with Crippen molar-refractivity contribution < 1.29 is 9.53 Å². The van der Waals surface area contributed by atoms with Gasteiger partial charge >= 0.3 is 5.97 Å². The van der Waals surface area contributed by atoms with Gasteiger partial charge in [-0.1, -0.05) is 25.5 Å². The Morgan fingerprint density at radius 3 is 2.70 bits per heavy atom. The topological polar surface area (TPSA) is 29.5 Å². The maximum Gasteiger partial charge on any atom is 0.331 e. The molecule has 6 aliphatic rings. The van der Waals surface area contributed by atoms with Gasteiger partial charge in [0.2, 0.25) is 0 Å². The Labute approximate surface area is 205 Å². The van der Waals surface area contributed by atoms with Crippen LogP contribution < -0.4 is 0 Å². The predicted octanol–water partition coefficient (Wildman–Crippen LogP) is 6.25. The zero-order valence-electron chi connectivity index (χ0n) is 20.8. The Morgan fingerprint density at radius 1 is 1.06 bits per heavy atom. The molecule has 0 radical (unpaired) electrons. The summed E-state index contributed by atoms with van der Waals surface area (Å²) in [7, 11) is 0. The first-order valence-corrected chi connectivity index (χ1v) is 14.9. The number of esters is 1. The lowest BCUT2D eigenvalue weighted by Gasteiger charge is -2.58. The van der Waals surface area contributed by atoms with Crippen molar-refractivity contribution in [3.05, 3.63) is 23.3 Å². The monoisotopic (exact) mass is 469 g/mol. The Balaban J connectivity index is 1.14. The molecule has 3 saturated carbocycles. The van der Waals surface area contributed by atoms with Gasteiger partial charge in [0.25, 0.3) is 0 Å². The highest BCUT2D eigenvalue weighted by molar-refractivity contribution is 8.00. The number of fused-ring (bicyclic) bond motifs is 5. The molecular formula is C29H43NO2S. The summed E-state index contributed by atoms with van der Waals surface area (Å²) in [5.41, 5.74) is 3.95. The SMILES string of the molecule is C[C@]12CC[C@H]3[C@@H](CCC4=C[C@@H](SCCN5CCCC5)CC[C@@]43C)[C@@H]1CC[C@@H]2C1=CC(=O)OC1. The van der Waals surface area contributed by atoms with Gasteiger partial charge in [0.1, 0.15) is 6.61 Å². The molecule has 0 aromatic heterocycles. The van der Waals surface area contributed by atoms with Gasteiger partial charge in [-0.3, -0.25) is 0 Å². The number of hydrogen-bond acceptors (Lipinski definition) is 4. The second kappa shape index (κ2) is 8.73. The third-order valence-corrected chi connectivity index (χ3v) is 12.4. The molecular weight excluding hydrogens is 426 g/mol. The molecule has 2 heterocycles. The molecule has 6 rings (SSSR count). The minimum atomic E-state index is -0.110. The highest BCUT2D eigenvalue weighted by Gasteiger charge is 2.59. The fourth-order valence-electron chi connectivity index (χ4n) is 9.37. The number of allylic oxidation sites excluding steroid dienone is 1. The largest absolute Gasteiger partial charge is 0.458 e. The van der Waals surface area contributed by atoms with Gasteiger partial charge in [-0.15, -0.1) is 0 Å². The average Bonchev–Trinajstić information content (AvgIpc) is 3.53. The van der Waals surface area contributed by atoms with E-state index in [0.29, 0.717) is 23.4 Å². The van der Waals surface area contributed by atoms with Crippen molar-refractivity contribution in [3.63, 3.8) is 0 Å². The molecule has 182 valence electrons. The Bertz CT molecular complexity index is 845. The summed E-state index contributed by atoms with van der Waals surface area (Å²) in [4.78, 5) is 14.4. The molecule has 0 amide bonds. The van der Waals surface area contributed by atoms with E-state index in [1.807, 2.05) is 11.6 Å². The standard InChI is InChI=1S/C29H43NO2S/c1-28-11-9-22(33-16-15-30-13-3-4-14-30)18-21(28)5-6-23-25-8-7-24(20-17-27(31)32-19-20)29(25,2)12-10-26(23)28/h17-18,22-26H,3-16,19H2,1-2H3/t22-,23-,24+,25-,26-,28-,29+/m0/s1. The van der Waals surface area contributed by atoms with Gasteiger partial charge in [0, 0.05) is 23.6 Å². The summed E-state index contributed by atoms with van der Waals surface area (Å²) in [6, 6.07) is 0. The van der Waals surface area contributed by atoms with Crippen LogP contribution in [-0.4, -0.2) is 48.1 Å². The van der Waals surface area contributed by atoms with Crippen molar-refractivity contribution >= 4 is 17.7 Å². The third kappa shape index (κ3) is 3.86. The maximum absolute atomic E-state index is 11.8. The molecule has 0 bridgehead atoms. The number of carbonyl (C=O) groups excluding carboxylic acids is 1. The van der Waals surface area contributed by atoms with Gasteiger partial charge in [0.05, 0.1) is 0 Å². The highest BCUT2D eigenvalue weighted by Crippen LogP contribution is 2.67. The van der Waals surface area contributed by atoms with Crippen molar-refractivity contribution in [2.45, 2.75) is 83.3 Å². The highest BCUT2D eigenvalue weighted by atomic mass is 32.2. The molecule has 33 heavy (non-hydrogen) atoms. The molecule has 0 N–H and O–H groups in total. The van der Waals surface area contributed by atoms with Crippen molar-refractivity contribution in [2.24, 2.45) is 34.5 Å². The van der Waals surface area contributed by atoms with Crippen molar-refractivity contribution in [2.75, 3.05) is 32.0 Å². The lowest BCUT2D eigenvalue weighted by atomic mass is 9.46. The second-order valence-electron chi connectivity index (χ2n) is 12.5. The van der Waals surface area contributed by atoms with Crippen LogP contribution in [0.1, 0.15) is 78.1 Å². The van der Waals surface area contributed by atoms with Crippen LogP contribution in [0.4, 0.5) is 0 Å². The number of likely N-dealkylation sites (tertiary alicyclic amines) is 1.